The van der Waals surface area contributed by atoms with E-state index in [1.54, 1.807) is 13.0 Å². The number of likely N-dealkylation sites (tertiary alicyclic amines) is 1. The van der Waals surface area contributed by atoms with Crippen molar-refractivity contribution >= 4 is 23.1 Å². The van der Waals surface area contributed by atoms with Crippen molar-refractivity contribution in [1.29, 1.82) is 0 Å². The summed E-state index contributed by atoms with van der Waals surface area (Å²) < 4.78 is 19.5. The average molecular weight is 483 g/mol. The highest BCUT2D eigenvalue weighted by atomic mass is 19.1. The highest BCUT2D eigenvalue weighted by Crippen LogP contribution is 2.40. The van der Waals surface area contributed by atoms with Crippen molar-refractivity contribution in [2.24, 2.45) is 0 Å². The minimum Gasteiger partial charge on any atom is -0.507 e. The van der Waals surface area contributed by atoms with Crippen molar-refractivity contribution in [3.63, 3.8) is 0 Å². The molecule has 2 saturated heterocycles. The number of nitro benzene ring substituents is 1. The predicted molar refractivity (Wildman–Crippen MR) is 125 cm³/mol. The second-order valence-electron chi connectivity index (χ2n) is 8.62. The number of ether oxygens (including phenoxy) is 1. The van der Waals surface area contributed by atoms with E-state index in [0.717, 1.165) is 19.2 Å². The quantitative estimate of drug-likeness (QED) is 0.212. The summed E-state index contributed by atoms with van der Waals surface area (Å²) in [6, 6.07) is 8.62. The number of ketones is 1. The lowest BCUT2D eigenvalue weighted by Gasteiger charge is -2.29. The minimum atomic E-state index is -1.04. The Hall–Kier alpha value is -3.63. The Morgan fingerprint density at radius 1 is 1.17 bits per heavy atom. The molecule has 0 bridgehead atoms. The number of aryl methyl sites for hydroxylation is 1. The van der Waals surface area contributed by atoms with Crippen LogP contribution in [-0.2, 0) is 14.3 Å². The van der Waals surface area contributed by atoms with E-state index >= 15 is 0 Å². The molecule has 184 valence electrons. The Labute approximate surface area is 201 Å². The molecule has 0 radical (unpaired) electrons. The fourth-order valence-electron chi connectivity index (χ4n) is 4.45. The summed E-state index contributed by atoms with van der Waals surface area (Å²) >= 11 is 0. The molecule has 0 aromatic heterocycles. The second-order valence-corrected chi connectivity index (χ2v) is 8.62. The van der Waals surface area contributed by atoms with Crippen molar-refractivity contribution in [3.8, 4) is 0 Å². The Bertz CT molecular complexity index is 1190. The molecule has 1 N–H and O–H groups in total. The van der Waals surface area contributed by atoms with Crippen LogP contribution in [0.2, 0.25) is 0 Å². The normalized spacial score (nSPS) is 20.4. The van der Waals surface area contributed by atoms with Crippen molar-refractivity contribution in [2.75, 3.05) is 39.4 Å². The van der Waals surface area contributed by atoms with Gasteiger partial charge in [-0.25, -0.2) is 4.39 Å². The van der Waals surface area contributed by atoms with Gasteiger partial charge in [0.05, 0.1) is 29.8 Å². The first kappa shape index (κ1) is 24.5. The summed E-state index contributed by atoms with van der Waals surface area (Å²) in [4.78, 5) is 40.5. The van der Waals surface area contributed by atoms with Gasteiger partial charge in [-0.15, -0.1) is 0 Å². The number of rotatable bonds is 7. The molecule has 2 aromatic rings. The number of carbonyl (C=O) groups excluding carboxylic acids is 2. The minimum absolute atomic E-state index is 0.0508. The fourth-order valence-corrected chi connectivity index (χ4v) is 4.45. The van der Waals surface area contributed by atoms with Crippen molar-refractivity contribution in [2.45, 2.75) is 19.4 Å². The number of amides is 1. The lowest BCUT2D eigenvalue weighted by Crippen LogP contribution is -2.39. The highest BCUT2D eigenvalue weighted by Gasteiger charge is 2.46. The van der Waals surface area contributed by atoms with E-state index in [1.165, 1.54) is 35.2 Å². The number of morpholine rings is 1. The van der Waals surface area contributed by atoms with Gasteiger partial charge in [0.1, 0.15) is 11.6 Å². The van der Waals surface area contributed by atoms with Gasteiger partial charge in [0, 0.05) is 43.9 Å². The van der Waals surface area contributed by atoms with Gasteiger partial charge < -0.3 is 14.7 Å². The average Bonchev–Trinajstić information content (AvgIpc) is 3.11. The smallest absolute Gasteiger partial charge is 0.295 e. The fraction of sp³-hybridized carbons (Fsp3) is 0.360. The first-order valence-electron chi connectivity index (χ1n) is 11.4. The number of hydrogen-bond acceptors (Lipinski definition) is 7. The van der Waals surface area contributed by atoms with Crippen LogP contribution in [0.1, 0.15) is 29.2 Å². The van der Waals surface area contributed by atoms with Gasteiger partial charge in [-0.2, -0.15) is 0 Å². The van der Waals surface area contributed by atoms with Gasteiger partial charge in [0.25, 0.3) is 17.4 Å². The monoisotopic (exact) mass is 483 g/mol. The Balaban J connectivity index is 1.73. The molecule has 0 spiro atoms. The molecule has 2 aromatic carbocycles. The van der Waals surface area contributed by atoms with Crippen LogP contribution in [-0.4, -0.2) is 70.9 Å². The van der Waals surface area contributed by atoms with Gasteiger partial charge in [-0.3, -0.25) is 24.6 Å². The van der Waals surface area contributed by atoms with Crippen molar-refractivity contribution in [3.05, 3.63) is 80.7 Å². The topological polar surface area (TPSA) is 113 Å². The molecule has 0 unspecified atom stereocenters. The largest absolute Gasteiger partial charge is 0.507 e. The van der Waals surface area contributed by atoms with Crippen LogP contribution in [0.25, 0.3) is 5.76 Å². The SMILES string of the molecule is Cc1ccc(C(O)=C2C(=O)C(=O)N(CCCN3CCOCC3)[C@H]2c2cccc([N+](=O)[O-])c2)cc1F. The maximum Gasteiger partial charge on any atom is 0.295 e. The number of Topliss-reactive ketones (excluding diaryl/α,β-unsaturated/α-hetero) is 1. The van der Waals surface area contributed by atoms with E-state index in [-0.39, 0.29) is 23.4 Å². The van der Waals surface area contributed by atoms with Crippen LogP contribution in [0.3, 0.4) is 0 Å². The lowest BCUT2D eigenvalue weighted by atomic mass is 9.94. The molecule has 2 fully saturated rings. The standard InChI is InChI=1S/C25H26FN3O6/c1-16-6-7-18(15-20(16)26)23(30)21-22(17-4-2-5-19(14-17)29(33)34)28(25(32)24(21)31)9-3-8-27-10-12-35-13-11-27/h2,4-7,14-15,22,30H,3,8-13H2,1H3/t22-/m0/s1. The third kappa shape index (κ3) is 5.08. The number of carbonyl (C=O) groups is 2. The van der Waals surface area contributed by atoms with Crippen molar-refractivity contribution in [1.82, 2.24) is 9.80 Å². The number of nitro groups is 1. The molecule has 9 nitrogen and oxygen atoms in total. The van der Waals surface area contributed by atoms with E-state index < -0.39 is 34.2 Å². The zero-order valence-electron chi connectivity index (χ0n) is 19.3. The first-order chi connectivity index (χ1) is 16.8. The molecule has 2 aliphatic heterocycles. The molecular weight excluding hydrogens is 457 g/mol. The number of nitrogens with zero attached hydrogens (tertiary/aromatic N) is 3. The maximum atomic E-state index is 14.2. The molecule has 4 rings (SSSR count). The zero-order valence-corrected chi connectivity index (χ0v) is 19.3. The van der Waals surface area contributed by atoms with Gasteiger partial charge >= 0.3 is 0 Å². The zero-order chi connectivity index (χ0) is 25.1. The van der Waals surface area contributed by atoms with E-state index in [4.69, 9.17) is 4.74 Å². The van der Waals surface area contributed by atoms with Crippen LogP contribution in [0, 0.1) is 22.9 Å². The summed E-state index contributed by atoms with van der Waals surface area (Å²) in [7, 11) is 0. The molecule has 35 heavy (non-hydrogen) atoms. The number of aliphatic hydroxyl groups is 1. The van der Waals surface area contributed by atoms with E-state index in [2.05, 4.69) is 4.90 Å². The van der Waals surface area contributed by atoms with Gasteiger partial charge in [0.15, 0.2) is 0 Å². The molecule has 10 heteroatoms. The summed E-state index contributed by atoms with van der Waals surface area (Å²) in [5, 5.41) is 22.4. The summed E-state index contributed by atoms with van der Waals surface area (Å²) in [5.41, 5.74) is 0.307. The molecule has 2 aliphatic rings. The van der Waals surface area contributed by atoms with Crippen LogP contribution in [0.5, 0.6) is 0 Å². The molecule has 0 saturated carbocycles. The summed E-state index contributed by atoms with van der Waals surface area (Å²) in [5.74, 6) is -2.81. The molecular formula is C25H26FN3O6. The third-order valence-electron chi connectivity index (χ3n) is 6.36. The van der Waals surface area contributed by atoms with Crippen molar-refractivity contribution < 1.29 is 28.7 Å². The van der Waals surface area contributed by atoms with Gasteiger partial charge in [0.2, 0.25) is 0 Å². The Morgan fingerprint density at radius 3 is 2.60 bits per heavy atom. The number of aliphatic hydroxyl groups excluding tert-OH is 1. The predicted octanol–water partition coefficient (Wildman–Crippen LogP) is 3.19. The number of halogens is 1. The molecule has 1 atom stereocenters. The van der Waals surface area contributed by atoms with Gasteiger partial charge in [-0.1, -0.05) is 24.3 Å². The van der Waals surface area contributed by atoms with Crippen LogP contribution in [0.15, 0.2) is 48.0 Å². The molecule has 1 amide bonds. The third-order valence-corrected chi connectivity index (χ3v) is 6.36. The highest BCUT2D eigenvalue weighted by molar-refractivity contribution is 6.46. The first-order valence-corrected chi connectivity index (χ1v) is 11.4. The number of benzene rings is 2. The molecule has 2 heterocycles. The van der Waals surface area contributed by atoms with Crippen LogP contribution < -0.4 is 0 Å². The summed E-state index contributed by atoms with van der Waals surface area (Å²) in [6.07, 6.45) is 0.553. The van der Waals surface area contributed by atoms with E-state index in [1.807, 2.05) is 0 Å². The Kier molecular flexibility index (Phi) is 7.23. The van der Waals surface area contributed by atoms with E-state index in [0.29, 0.717) is 37.3 Å². The molecule has 0 aliphatic carbocycles. The number of non-ortho nitro benzene ring substituents is 1. The van der Waals surface area contributed by atoms with E-state index in [9.17, 15) is 29.2 Å². The summed E-state index contributed by atoms with van der Waals surface area (Å²) in [6.45, 7) is 5.25. The van der Waals surface area contributed by atoms with Crippen LogP contribution in [0.4, 0.5) is 10.1 Å². The Morgan fingerprint density at radius 2 is 1.91 bits per heavy atom. The lowest BCUT2D eigenvalue weighted by molar-refractivity contribution is -0.384. The maximum absolute atomic E-state index is 14.2. The second kappa shape index (κ2) is 10.3. The van der Waals surface area contributed by atoms with Crippen LogP contribution >= 0.6 is 0 Å². The van der Waals surface area contributed by atoms with Gasteiger partial charge in [-0.05, 0) is 30.5 Å². The number of hydrogen-bond donors (Lipinski definition) is 1.